The first-order valence-corrected chi connectivity index (χ1v) is 9.77. The molecule has 2 aromatic carbocycles. The predicted octanol–water partition coefficient (Wildman–Crippen LogP) is 2.58. The highest BCUT2D eigenvalue weighted by atomic mass is 32.2. The molecule has 0 amide bonds. The molecule has 29 heavy (non-hydrogen) atoms. The fourth-order valence-corrected chi connectivity index (χ4v) is 3.70. The summed E-state index contributed by atoms with van der Waals surface area (Å²) in [6, 6.07) is 9.14. The van der Waals surface area contributed by atoms with Gasteiger partial charge in [-0.3, -0.25) is 4.55 Å². The summed E-state index contributed by atoms with van der Waals surface area (Å²) < 4.78 is 42.3. The van der Waals surface area contributed by atoms with Gasteiger partial charge in [-0.15, -0.1) is 0 Å². The number of ether oxygens (including phenoxy) is 2. The molecule has 150 valence electrons. The molecule has 2 aromatic rings. The van der Waals surface area contributed by atoms with Crippen LogP contribution in [0, 0.1) is 0 Å². The summed E-state index contributed by atoms with van der Waals surface area (Å²) >= 11 is 0. The highest BCUT2D eigenvalue weighted by molar-refractivity contribution is 7.86. The van der Waals surface area contributed by atoms with E-state index in [4.69, 9.17) is 9.47 Å². The van der Waals surface area contributed by atoms with Crippen LogP contribution < -0.4 is 4.90 Å². The number of hydrogen-bond acceptors (Lipinski definition) is 7. The molecule has 0 fully saturated rings. The molecule has 9 heteroatoms. The molecule has 1 aliphatic rings. The number of carbonyl (C=O) groups is 2. The van der Waals surface area contributed by atoms with Crippen LogP contribution in [0.15, 0.2) is 77.0 Å². The van der Waals surface area contributed by atoms with E-state index in [0.717, 1.165) is 0 Å². The van der Waals surface area contributed by atoms with Gasteiger partial charge in [-0.05, 0) is 35.7 Å². The van der Waals surface area contributed by atoms with Crippen LogP contribution in [0.1, 0.15) is 0 Å². The summed E-state index contributed by atoms with van der Waals surface area (Å²) in [5.74, 6) is -1.47. The summed E-state index contributed by atoms with van der Waals surface area (Å²) in [6.07, 6.45) is 6.20. The van der Waals surface area contributed by atoms with Crippen molar-refractivity contribution in [2.75, 3.05) is 19.1 Å². The third kappa shape index (κ3) is 3.91. The first-order valence-electron chi connectivity index (χ1n) is 8.33. The Morgan fingerprint density at radius 1 is 1.00 bits per heavy atom. The van der Waals surface area contributed by atoms with Crippen LogP contribution >= 0.6 is 0 Å². The zero-order valence-corrected chi connectivity index (χ0v) is 16.3. The van der Waals surface area contributed by atoms with Gasteiger partial charge in [-0.1, -0.05) is 24.3 Å². The number of allylic oxidation sites excluding steroid dienone is 2. The minimum atomic E-state index is -4.41. The zero-order chi connectivity index (χ0) is 21.2. The Morgan fingerprint density at radius 3 is 2.38 bits per heavy atom. The number of hydrogen-bond donors (Lipinski definition) is 1. The van der Waals surface area contributed by atoms with Crippen molar-refractivity contribution < 1.29 is 32.0 Å². The molecule has 1 aliphatic heterocycles. The van der Waals surface area contributed by atoms with Crippen molar-refractivity contribution in [3.63, 3.8) is 0 Å². The van der Waals surface area contributed by atoms with Gasteiger partial charge in [0.05, 0.1) is 19.8 Å². The fraction of sp³-hybridized carbons (Fsp3) is 0.100. The van der Waals surface area contributed by atoms with Crippen LogP contribution in [-0.2, 0) is 29.2 Å². The van der Waals surface area contributed by atoms with Crippen molar-refractivity contribution >= 4 is 38.5 Å². The van der Waals surface area contributed by atoms with Crippen molar-refractivity contribution in [1.29, 1.82) is 0 Å². The Hall–Kier alpha value is -3.43. The van der Waals surface area contributed by atoms with Gasteiger partial charge in [-0.25, -0.2) is 9.59 Å². The maximum absolute atomic E-state index is 12.5. The summed E-state index contributed by atoms with van der Waals surface area (Å²) in [4.78, 5) is 25.9. The molecule has 0 radical (unpaired) electrons. The summed E-state index contributed by atoms with van der Waals surface area (Å²) in [5.41, 5.74) is 0.400. The lowest BCUT2D eigenvalue weighted by molar-refractivity contribution is -0.139. The second kappa shape index (κ2) is 7.90. The van der Waals surface area contributed by atoms with Gasteiger partial charge in [0.1, 0.15) is 10.6 Å². The van der Waals surface area contributed by atoms with Crippen LogP contribution in [0.25, 0.3) is 10.8 Å². The Balaban J connectivity index is 2.23. The van der Waals surface area contributed by atoms with Crippen molar-refractivity contribution in [1.82, 2.24) is 0 Å². The van der Waals surface area contributed by atoms with E-state index < -0.39 is 22.1 Å². The molecule has 0 bridgehead atoms. The standard InChI is InChI=1S/C20H17NO7S/c1-27-19(22)16-7-3-4-11-21(18(16)20(23)28-2)14-9-10-15-13(12-14)6-5-8-17(15)29(24,25)26/h3-12H,1-2H3,(H,24,25,26). The Labute approximate surface area is 167 Å². The van der Waals surface area contributed by atoms with Gasteiger partial charge in [0, 0.05) is 17.3 Å². The largest absolute Gasteiger partial charge is 0.465 e. The van der Waals surface area contributed by atoms with E-state index in [1.807, 2.05) is 0 Å². The molecule has 8 nitrogen and oxygen atoms in total. The van der Waals surface area contributed by atoms with E-state index in [2.05, 4.69) is 0 Å². The van der Waals surface area contributed by atoms with Crippen molar-refractivity contribution in [3.8, 4) is 0 Å². The second-order valence-electron chi connectivity index (χ2n) is 5.95. The second-order valence-corrected chi connectivity index (χ2v) is 7.34. The Kier molecular flexibility index (Phi) is 5.53. The van der Waals surface area contributed by atoms with Gasteiger partial charge < -0.3 is 14.4 Å². The lowest BCUT2D eigenvalue weighted by Crippen LogP contribution is -2.26. The number of esters is 2. The number of methoxy groups -OCH3 is 2. The normalized spacial score (nSPS) is 14.1. The average molecular weight is 415 g/mol. The summed E-state index contributed by atoms with van der Waals surface area (Å²) in [6.45, 7) is 0. The molecule has 0 saturated carbocycles. The molecule has 0 aliphatic carbocycles. The van der Waals surface area contributed by atoms with Gasteiger partial charge in [0.15, 0.2) is 0 Å². The summed E-state index contributed by atoms with van der Waals surface area (Å²) in [7, 11) is -2.01. The molecule has 0 atom stereocenters. The van der Waals surface area contributed by atoms with Crippen molar-refractivity contribution in [2.45, 2.75) is 4.90 Å². The van der Waals surface area contributed by atoms with Crippen LogP contribution in [0.4, 0.5) is 5.69 Å². The van der Waals surface area contributed by atoms with E-state index in [1.165, 1.54) is 43.4 Å². The molecule has 3 rings (SSSR count). The molecular weight excluding hydrogens is 398 g/mol. The number of rotatable bonds is 4. The van der Waals surface area contributed by atoms with E-state index in [-0.39, 0.29) is 16.2 Å². The van der Waals surface area contributed by atoms with Crippen LogP contribution in [0.2, 0.25) is 0 Å². The van der Waals surface area contributed by atoms with E-state index in [1.54, 1.807) is 36.6 Å². The lowest BCUT2D eigenvalue weighted by Gasteiger charge is -2.23. The SMILES string of the molecule is COC(=O)C1=C(C(=O)OC)N(c2ccc3c(S(=O)(=O)O)cccc3c2)C=CC=C1. The Morgan fingerprint density at radius 2 is 1.72 bits per heavy atom. The van der Waals surface area contributed by atoms with E-state index in [0.29, 0.717) is 16.5 Å². The molecule has 1 heterocycles. The third-order valence-electron chi connectivity index (χ3n) is 4.27. The third-order valence-corrected chi connectivity index (χ3v) is 5.18. The van der Waals surface area contributed by atoms with Crippen LogP contribution in [0.3, 0.4) is 0 Å². The van der Waals surface area contributed by atoms with Gasteiger partial charge >= 0.3 is 11.9 Å². The predicted molar refractivity (Wildman–Crippen MR) is 106 cm³/mol. The number of carbonyl (C=O) groups excluding carboxylic acids is 2. The number of benzene rings is 2. The fourth-order valence-electron chi connectivity index (χ4n) is 2.98. The molecule has 1 N–H and O–H groups in total. The van der Waals surface area contributed by atoms with Gasteiger partial charge in [0.2, 0.25) is 0 Å². The first-order chi connectivity index (χ1) is 13.8. The average Bonchev–Trinajstić information content (AvgIpc) is 2.94. The molecule has 0 aromatic heterocycles. The maximum atomic E-state index is 12.5. The quantitative estimate of drug-likeness (QED) is 0.599. The highest BCUT2D eigenvalue weighted by Gasteiger charge is 2.27. The first kappa shape index (κ1) is 20.3. The molecule has 0 unspecified atom stereocenters. The smallest absolute Gasteiger partial charge is 0.355 e. The lowest BCUT2D eigenvalue weighted by atomic mass is 10.1. The summed E-state index contributed by atoms with van der Waals surface area (Å²) in [5, 5.41) is 0.819. The van der Waals surface area contributed by atoms with Gasteiger partial charge in [-0.2, -0.15) is 8.42 Å². The molecular formula is C20H17NO7S. The number of nitrogens with zero attached hydrogens (tertiary/aromatic N) is 1. The van der Waals surface area contributed by atoms with Gasteiger partial charge in [0.25, 0.3) is 10.1 Å². The van der Waals surface area contributed by atoms with E-state index in [9.17, 15) is 22.6 Å². The van der Waals surface area contributed by atoms with Crippen LogP contribution in [0.5, 0.6) is 0 Å². The molecule has 0 saturated heterocycles. The minimum absolute atomic E-state index is 0.00358. The van der Waals surface area contributed by atoms with Crippen molar-refractivity contribution in [2.24, 2.45) is 0 Å². The number of fused-ring (bicyclic) bond motifs is 1. The zero-order valence-electron chi connectivity index (χ0n) is 15.5. The molecule has 0 spiro atoms. The Bertz CT molecular complexity index is 1190. The van der Waals surface area contributed by atoms with E-state index >= 15 is 0 Å². The monoisotopic (exact) mass is 415 g/mol. The minimum Gasteiger partial charge on any atom is -0.465 e. The maximum Gasteiger partial charge on any atom is 0.355 e. The van der Waals surface area contributed by atoms with Crippen LogP contribution in [-0.4, -0.2) is 39.1 Å². The van der Waals surface area contributed by atoms with Crippen molar-refractivity contribution in [3.05, 3.63) is 72.1 Å². The highest BCUT2D eigenvalue weighted by Crippen LogP contribution is 2.31. The number of anilines is 1. The topological polar surface area (TPSA) is 110 Å².